The predicted octanol–water partition coefficient (Wildman–Crippen LogP) is 3.68. The fourth-order valence-corrected chi connectivity index (χ4v) is 2.26. The zero-order chi connectivity index (χ0) is 13.1. The molecule has 0 fully saturated rings. The van der Waals surface area contributed by atoms with Crippen molar-refractivity contribution in [3.8, 4) is 5.75 Å². The van der Waals surface area contributed by atoms with Gasteiger partial charge in [-0.1, -0.05) is 46.3 Å². The van der Waals surface area contributed by atoms with Gasteiger partial charge in [-0.3, -0.25) is 0 Å². The van der Waals surface area contributed by atoms with Crippen molar-refractivity contribution < 1.29 is 14.2 Å². The molecule has 2 aromatic carbocycles. The Bertz CT molecular complexity index is 557. The van der Waals surface area contributed by atoms with Gasteiger partial charge in [0, 0.05) is 10.0 Å². The number of benzene rings is 2. The van der Waals surface area contributed by atoms with Crippen LogP contribution in [0.5, 0.6) is 5.75 Å². The Balaban J connectivity index is 2.47. The number of rotatable bonds is 3. The lowest BCUT2D eigenvalue weighted by Crippen LogP contribution is -2.04. The van der Waals surface area contributed by atoms with Crippen LogP contribution >= 0.6 is 15.9 Å². The summed E-state index contributed by atoms with van der Waals surface area (Å²) < 4.78 is 19.7. The summed E-state index contributed by atoms with van der Waals surface area (Å²) in [6.45, 7) is 0. The first kappa shape index (κ1) is 13.1. The first-order chi connectivity index (χ1) is 8.65. The topological polar surface area (TPSA) is 29.5 Å². The van der Waals surface area contributed by atoms with E-state index < -0.39 is 11.9 Å². The minimum absolute atomic E-state index is 0.124. The van der Waals surface area contributed by atoms with E-state index in [0.29, 0.717) is 5.56 Å². The van der Waals surface area contributed by atoms with E-state index in [9.17, 15) is 9.50 Å². The zero-order valence-electron chi connectivity index (χ0n) is 9.73. The molecule has 18 heavy (non-hydrogen) atoms. The fourth-order valence-electron chi connectivity index (χ4n) is 1.76. The van der Waals surface area contributed by atoms with Crippen LogP contribution in [0.3, 0.4) is 0 Å². The van der Waals surface area contributed by atoms with Crippen LogP contribution in [0.4, 0.5) is 4.39 Å². The molecule has 2 nitrogen and oxygen atoms in total. The summed E-state index contributed by atoms with van der Waals surface area (Å²) in [5, 5.41) is 10.2. The molecule has 0 bridgehead atoms. The van der Waals surface area contributed by atoms with Gasteiger partial charge in [-0.05, 0) is 17.7 Å². The Morgan fingerprint density at radius 2 is 1.78 bits per heavy atom. The van der Waals surface area contributed by atoms with Gasteiger partial charge in [0.05, 0.1) is 7.11 Å². The Morgan fingerprint density at radius 3 is 2.44 bits per heavy atom. The van der Waals surface area contributed by atoms with Gasteiger partial charge < -0.3 is 9.84 Å². The molecular weight excluding hydrogens is 299 g/mol. The van der Waals surface area contributed by atoms with E-state index in [-0.39, 0.29) is 11.3 Å². The largest absolute Gasteiger partial charge is 0.494 e. The highest BCUT2D eigenvalue weighted by Gasteiger charge is 2.19. The number of aliphatic hydroxyl groups excluding tert-OH is 1. The van der Waals surface area contributed by atoms with Gasteiger partial charge in [0.15, 0.2) is 11.6 Å². The summed E-state index contributed by atoms with van der Waals surface area (Å²) in [6.07, 6.45) is -1.03. The van der Waals surface area contributed by atoms with Crippen molar-refractivity contribution in [1.82, 2.24) is 0 Å². The predicted molar refractivity (Wildman–Crippen MR) is 71.2 cm³/mol. The van der Waals surface area contributed by atoms with Gasteiger partial charge >= 0.3 is 0 Å². The molecule has 0 saturated heterocycles. The average molecular weight is 311 g/mol. The normalized spacial score (nSPS) is 12.2. The third-order valence-corrected chi connectivity index (χ3v) is 3.43. The molecule has 1 N–H and O–H groups in total. The lowest BCUT2D eigenvalue weighted by molar-refractivity contribution is 0.212. The maximum atomic E-state index is 14.0. The van der Waals surface area contributed by atoms with Crippen LogP contribution in [0.15, 0.2) is 46.9 Å². The molecule has 0 spiro atoms. The van der Waals surface area contributed by atoms with E-state index in [0.717, 1.165) is 4.47 Å². The van der Waals surface area contributed by atoms with Crippen molar-refractivity contribution in [2.45, 2.75) is 6.10 Å². The van der Waals surface area contributed by atoms with Crippen molar-refractivity contribution in [2.75, 3.05) is 7.11 Å². The van der Waals surface area contributed by atoms with Crippen LogP contribution in [0.1, 0.15) is 17.2 Å². The first-order valence-electron chi connectivity index (χ1n) is 5.40. The lowest BCUT2D eigenvalue weighted by atomic mass is 10.0. The van der Waals surface area contributed by atoms with Crippen LogP contribution < -0.4 is 4.74 Å². The Morgan fingerprint density at radius 1 is 1.11 bits per heavy atom. The maximum absolute atomic E-state index is 14.0. The second-order valence-corrected chi connectivity index (χ2v) is 4.64. The molecule has 2 rings (SSSR count). The molecule has 94 valence electrons. The third kappa shape index (κ3) is 2.40. The monoisotopic (exact) mass is 310 g/mol. The number of methoxy groups -OCH3 is 1. The van der Waals surface area contributed by atoms with Crippen molar-refractivity contribution in [2.24, 2.45) is 0 Å². The highest BCUT2D eigenvalue weighted by molar-refractivity contribution is 9.10. The summed E-state index contributed by atoms with van der Waals surface area (Å²) in [4.78, 5) is 0. The molecule has 0 aliphatic rings. The molecule has 0 radical (unpaired) electrons. The average Bonchev–Trinajstić information content (AvgIpc) is 2.39. The molecule has 0 aromatic heterocycles. The number of halogens is 2. The van der Waals surface area contributed by atoms with Crippen LogP contribution in [0.25, 0.3) is 0 Å². The first-order valence-corrected chi connectivity index (χ1v) is 6.19. The molecule has 1 unspecified atom stereocenters. The SMILES string of the molecule is COc1cccc(C(O)c2ccccc2Br)c1F. The second-order valence-electron chi connectivity index (χ2n) is 3.79. The van der Waals surface area contributed by atoms with Gasteiger partial charge in [0.2, 0.25) is 0 Å². The number of aliphatic hydroxyl groups is 1. The molecular formula is C14H12BrFO2. The highest BCUT2D eigenvalue weighted by Crippen LogP contribution is 2.32. The van der Waals surface area contributed by atoms with E-state index in [4.69, 9.17) is 4.74 Å². The Hall–Kier alpha value is -1.39. The summed E-state index contributed by atoms with van der Waals surface area (Å²) in [5.74, 6) is -0.415. The van der Waals surface area contributed by atoms with E-state index in [1.807, 2.05) is 6.07 Å². The molecule has 0 aliphatic carbocycles. The molecule has 0 amide bonds. The Labute approximate surface area is 113 Å². The highest BCUT2D eigenvalue weighted by atomic mass is 79.9. The van der Waals surface area contributed by atoms with E-state index in [1.165, 1.54) is 13.2 Å². The van der Waals surface area contributed by atoms with Gasteiger partial charge in [-0.2, -0.15) is 0 Å². The summed E-state index contributed by atoms with van der Waals surface area (Å²) >= 11 is 3.34. The van der Waals surface area contributed by atoms with Gasteiger partial charge in [-0.25, -0.2) is 4.39 Å². The van der Waals surface area contributed by atoms with Gasteiger partial charge in [0.25, 0.3) is 0 Å². The van der Waals surface area contributed by atoms with E-state index >= 15 is 0 Å². The fraction of sp³-hybridized carbons (Fsp3) is 0.143. The standard InChI is InChI=1S/C14H12BrFO2/c1-18-12-8-4-6-10(13(12)16)14(17)9-5-2-3-7-11(9)15/h2-8,14,17H,1H3. The summed E-state index contributed by atoms with van der Waals surface area (Å²) in [7, 11) is 1.40. The second kappa shape index (κ2) is 5.50. The molecule has 2 aromatic rings. The van der Waals surface area contributed by atoms with Crippen molar-refractivity contribution >= 4 is 15.9 Å². The van der Waals surface area contributed by atoms with E-state index in [1.54, 1.807) is 30.3 Å². The minimum Gasteiger partial charge on any atom is -0.494 e. The molecule has 4 heteroatoms. The van der Waals surface area contributed by atoms with Crippen molar-refractivity contribution in [1.29, 1.82) is 0 Å². The number of hydrogen-bond donors (Lipinski definition) is 1. The summed E-state index contributed by atoms with van der Waals surface area (Å²) in [5.41, 5.74) is 0.811. The lowest BCUT2D eigenvalue weighted by Gasteiger charge is -2.15. The zero-order valence-corrected chi connectivity index (χ0v) is 11.3. The molecule has 1 atom stereocenters. The van der Waals surface area contributed by atoms with Crippen molar-refractivity contribution in [3.05, 3.63) is 63.9 Å². The maximum Gasteiger partial charge on any atom is 0.171 e. The summed E-state index contributed by atoms with van der Waals surface area (Å²) in [6, 6.07) is 11.9. The van der Waals surface area contributed by atoms with Crippen LogP contribution in [-0.4, -0.2) is 12.2 Å². The molecule has 0 saturated carbocycles. The number of hydrogen-bond acceptors (Lipinski definition) is 2. The minimum atomic E-state index is -1.03. The van der Waals surface area contributed by atoms with Crippen LogP contribution in [-0.2, 0) is 0 Å². The smallest absolute Gasteiger partial charge is 0.171 e. The molecule has 0 aliphatic heterocycles. The number of ether oxygens (including phenoxy) is 1. The van der Waals surface area contributed by atoms with Crippen LogP contribution in [0, 0.1) is 5.82 Å². The van der Waals surface area contributed by atoms with Crippen molar-refractivity contribution in [3.63, 3.8) is 0 Å². The van der Waals surface area contributed by atoms with Gasteiger partial charge in [0.1, 0.15) is 6.10 Å². The van der Waals surface area contributed by atoms with Gasteiger partial charge in [-0.15, -0.1) is 0 Å². The quantitative estimate of drug-likeness (QED) is 0.937. The van der Waals surface area contributed by atoms with Crippen LogP contribution in [0.2, 0.25) is 0 Å². The van der Waals surface area contributed by atoms with E-state index in [2.05, 4.69) is 15.9 Å². The third-order valence-electron chi connectivity index (χ3n) is 2.71. The Kier molecular flexibility index (Phi) is 3.99. The molecule has 0 heterocycles.